The lowest BCUT2D eigenvalue weighted by Crippen LogP contribution is -2.27. The number of benzene rings is 1. The van der Waals surface area contributed by atoms with Crippen LogP contribution in [0.1, 0.15) is 31.2 Å². The highest BCUT2D eigenvalue weighted by Gasteiger charge is 2.25. The van der Waals surface area contributed by atoms with Crippen molar-refractivity contribution in [3.63, 3.8) is 0 Å². The fourth-order valence-electron chi connectivity index (χ4n) is 2.76. The lowest BCUT2D eigenvalue weighted by Gasteiger charge is -2.18. The summed E-state index contributed by atoms with van der Waals surface area (Å²) in [5.74, 6) is 0.428. The Morgan fingerprint density at radius 3 is 2.75 bits per heavy atom. The van der Waals surface area contributed by atoms with Crippen LogP contribution >= 0.6 is 11.6 Å². The minimum absolute atomic E-state index is 0.126. The van der Waals surface area contributed by atoms with Gasteiger partial charge in [0.2, 0.25) is 0 Å². The van der Waals surface area contributed by atoms with Crippen LogP contribution in [0.2, 0.25) is 5.02 Å². The van der Waals surface area contributed by atoms with Crippen LogP contribution in [0.5, 0.6) is 0 Å². The van der Waals surface area contributed by atoms with E-state index in [0.717, 1.165) is 43.4 Å². The molecule has 0 bridgehead atoms. The smallest absolute Gasteiger partial charge is 0.163 e. The van der Waals surface area contributed by atoms with Crippen LogP contribution in [0.3, 0.4) is 0 Å². The van der Waals surface area contributed by atoms with Crippen molar-refractivity contribution < 1.29 is 4.79 Å². The van der Waals surface area contributed by atoms with Gasteiger partial charge >= 0.3 is 0 Å². The maximum absolute atomic E-state index is 12.7. The third-order valence-electron chi connectivity index (χ3n) is 3.76. The molecule has 1 aromatic carbocycles. The molecule has 0 radical (unpaired) electrons. The molecule has 0 heterocycles. The number of hydrogen-bond donors (Lipinski definition) is 0. The molecule has 108 valence electrons. The summed E-state index contributed by atoms with van der Waals surface area (Å²) in [6, 6.07) is 7.70. The zero-order valence-corrected chi connectivity index (χ0v) is 13.0. The van der Waals surface area contributed by atoms with E-state index in [9.17, 15) is 4.79 Å². The van der Waals surface area contributed by atoms with Gasteiger partial charge in [0.05, 0.1) is 0 Å². The molecular weight excluding hydrogens is 270 g/mol. The van der Waals surface area contributed by atoms with E-state index in [-0.39, 0.29) is 5.92 Å². The molecule has 1 unspecified atom stereocenters. The Hall–Kier alpha value is -1.12. The van der Waals surface area contributed by atoms with Gasteiger partial charge in [0.15, 0.2) is 5.78 Å². The van der Waals surface area contributed by atoms with Crippen LogP contribution in [0.15, 0.2) is 29.8 Å². The lowest BCUT2D eigenvalue weighted by molar-refractivity contribution is -0.119. The first kappa shape index (κ1) is 15.3. The zero-order valence-electron chi connectivity index (χ0n) is 12.2. The van der Waals surface area contributed by atoms with E-state index in [2.05, 4.69) is 4.90 Å². The van der Waals surface area contributed by atoms with Gasteiger partial charge in [-0.1, -0.05) is 36.2 Å². The summed E-state index contributed by atoms with van der Waals surface area (Å²) < 4.78 is 0. The van der Waals surface area contributed by atoms with Crippen LogP contribution in [0.4, 0.5) is 0 Å². The predicted octanol–water partition coefficient (Wildman–Crippen LogP) is 4.04. The Bertz CT molecular complexity index is 507. The fourth-order valence-corrected chi connectivity index (χ4v) is 2.95. The van der Waals surface area contributed by atoms with Gasteiger partial charge in [0.1, 0.15) is 0 Å². The van der Waals surface area contributed by atoms with Crippen LogP contribution in [0.25, 0.3) is 6.08 Å². The van der Waals surface area contributed by atoms with Gasteiger partial charge in [-0.25, -0.2) is 0 Å². The minimum atomic E-state index is 0.126. The zero-order chi connectivity index (χ0) is 14.5. The summed E-state index contributed by atoms with van der Waals surface area (Å²) in [5.41, 5.74) is 1.88. The molecule has 1 atom stereocenters. The molecule has 2 nitrogen and oxygen atoms in total. The van der Waals surface area contributed by atoms with Crippen molar-refractivity contribution in [1.29, 1.82) is 0 Å². The van der Waals surface area contributed by atoms with Gasteiger partial charge in [-0.15, -0.1) is 0 Å². The van der Waals surface area contributed by atoms with Gasteiger partial charge in [-0.2, -0.15) is 0 Å². The Labute approximate surface area is 126 Å². The summed E-state index contributed by atoms with van der Waals surface area (Å²) in [6.07, 6.45) is 6.07. The van der Waals surface area contributed by atoms with E-state index in [1.54, 1.807) is 0 Å². The Kier molecular flexibility index (Phi) is 5.38. The molecule has 2 rings (SSSR count). The number of ketones is 1. The summed E-state index contributed by atoms with van der Waals surface area (Å²) in [4.78, 5) is 14.8. The van der Waals surface area contributed by atoms with Gasteiger partial charge in [0, 0.05) is 17.5 Å². The number of hydrogen-bond acceptors (Lipinski definition) is 2. The number of nitrogens with zero attached hydrogens (tertiary/aromatic N) is 1. The maximum Gasteiger partial charge on any atom is 0.163 e. The van der Waals surface area contributed by atoms with Gasteiger partial charge < -0.3 is 4.90 Å². The molecular formula is C17H22ClNO. The van der Waals surface area contributed by atoms with Crippen molar-refractivity contribution in [2.24, 2.45) is 5.92 Å². The SMILES string of the molecule is CN(C)CC1CCCCC(=Cc2ccccc2Cl)C1=O. The molecule has 1 saturated carbocycles. The van der Waals surface area contributed by atoms with E-state index >= 15 is 0 Å². The second kappa shape index (κ2) is 7.05. The highest BCUT2D eigenvalue weighted by molar-refractivity contribution is 6.32. The average Bonchev–Trinajstić information content (AvgIpc) is 2.56. The summed E-state index contributed by atoms with van der Waals surface area (Å²) in [6.45, 7) is 0.832. The molecule has 0 amide bonds. The van der Waals surface area contributed by atoms with Crippen LogP contribution < -0.4 is 0 Å². The number of carbonyl (C=O) groups is 1. The van der Waals surface area contributed by atoms with Crippen molar-refractivity contribution in [3.05, 3.63) is 40.4 Å². The van der Waals surface area contributed by atoms with E-state index in [1.165, 1.54) is 0 Å². The van der Waals surface area contributed by atoms with Crippen molar-refractivity contribution in [3.8, 4) is 0 Å². The average molecular weight is 292 g/mol. The monoisotopic (exact) mass is 291 g/mol. The van der Waals surface area contributed by atoms with Crippen molar-refractivity contribution in [1.82, 2.24) is 4.90 Å². The first-order valence-corrected chi connectivity index (χ1v) is 7.60. The molecule has 0 aromatic heterocycles. The number of allylic oxidation sites excluding steroid dienone is 1. The van der Waals surface area contributed by atoms with Gasteiger partial charge in [0.25, 0.3) is 0 Å². The number of carbonyl (C=O) groups excluding carboxylic acids is 1. The minimum Gasteiger partial charge on any atom is -0.309 e. The summed E-state index contributed by atoms with van der Waals surface area (Å²) in [7, 11) is 4.05. The Morgan fingerprint density at radius 2 is 2.05 bits per heavy atom. The summed E-state index contributed by atoms with van der Waals surface area (Å²) >= 11 is 6.19. The summed E-state index contributed by atoms with van der Waals surface area (Å²) in [5, 5.41) is 0.709. The molecule has 0 aliphatic heterocycles. The van der Waals surface area contributed by atoms with E-state index in [1.807, 2.05) is 44.4 Å². The van der Waals surface area contributed by atoms with E-state index in [0.29, 0.717) is 10.8 Å². The molecule has 1 aliphatic carbocycles. The molecule has 0 N–H and O–H groups in total. The molecule has 1 fully saturated rings. The maximum atomic E-state index is 12.7. The molecule has 0 spiro atoms. The Morgan fingerprint density at radius 1 is 1.30 bits per heavy atom. The third-order valence-corrected chi connectivity index (χ3v) is 4.10. The lowest BCUT2D eigenvalue weighted by atomic mass is 9.94. The quantitative estimate of drug-likeness (QED) is 0.619. The molecule has 20 heavy (non-hydrogen) atoms. The van der Waals surface area contributed by atoms with Crippen LogP contribution in [0, 0.1) is 5.92 Å². The van der Waals surface area contributed by atoms with Crippen molar-refractivity contribution in [2.75, 3.05) is 20.6 Å². The topological polar surface area (TPSA) is 20.3 Å². The van der Waals surface area contributed by atoms with Gasteiger partial charge in [-0.3, -0.25) is 4.79 Å². The van der Waals surface area contributed by atoms with Gasteiger partial charge in [-0.05, 0) is 56.6 Å². The fraction of sp³-hybridized carbons (Fsp3) is 0.471. The van der Waals surface area contributed by atoms with E-state index < -0.39 is 0 Å². The molecule has 1 aromatic rings. The highest BCUT2D eigenvalue weighted by atomic mass is 35.5. The van der Waals surface area contributed by atoms with Crippen molar-refractivity contribution in [2.45, 2.75) is 25.7 Å². The molecule has 0 saturated heterocycles. The standard InChI is InChI=1S/C17H22ClNO/c1-19(2)12-15-9-4-3-8-14(17(15)20)11-13-7-5-6-10-16(13)18/h5-7,10-11,15H,3-4,8-9,12H2,1-2H3. The van der Waals surface area contributed by atoms with Crippen molar-refractivity contribution >= 4 is 23.5 Å². The highest BCUT2D eigenvalue weighted by Crippen LogP contribution is 2.28. The second-order valence-electron chi connectivity index (χ2n) is 5.76. The first-order valence-electron chi connectivity index (χ1n) is 7.22. The normalized spacial score (nSPS) is 22.3. The number of Topliss-reactive ketones (excluding diaryl/α,β-unsaturated/α-hetero) is 1. The molecule has 1 aliphatic rings. The first-order chi connectivity index (χ1) is 9.58. The van der Waals surface area contributed by atoms with Crippen LogP contribution in [-0.2, 0) is 4.79 Å². The largest absolute Gasteiger partial charge is 0.309 e. The third kappa shape index (κ3) is 3.94. The predicted molar refractivity (Wildman–Crippen MR) is 84.9 cm³/mol. The molecule has 3 heteroatoms. The van der Waals surface area contributed by atoms with Crippen LogP contribution in [-0.4, -0.2) is 31.3 Å². The van der Waals surface area contributed by atoms with E-state index in [4.69, 9.17) is 11.6 Å². The second-order valence-corrected chi connectivity index (χ2v) is 6.17. The number of halogens is 1. The Balaban J connectivity index is 2.25. The number of rotatable bonds is 3.